The summed E-state index contributed by atoms with van der Waals surface area (Å²) in [5.41, 5.74) is 1.04. The Hall–Kier alpha value is -0.780. The molecule has 0 saturated carbocycles. The summed E-state index contributed by atoms with van der Waals surface area (Å²) in [4.78, 5) is 0. The molecule has 0 fully saturated rings. The minimum absolute atomic E-state index is 0.128. The molecule has 1 atom stereocenters. The van der Waals surface area contributed by atoms with Crippen molar-refractivity contribution in [2.75, 3.05) is 20.8 Å². The van der Waals surface area contributed by atoms with Crippen LogP contribution in [0.25, 0.3) is 0 Å². The first-order chi connectivity index (χ1) is 8.99. The van der Waals surface area contributed by atoms with Crippen molar-refractivity contribution in [3.63, 3.8) is 0 Å². The second kappa shape index (κ2) is 7.72. The number of rotatable bonds is 7. The van der Waals surface area contributed by atoms with Crippen molar-refractivity contribution in [1.29, 1.82) is 0 Å². The Labute approximate surface area is 123 Å². The third-order valence-corrected chi connectivity index (χ3v) is 3.63. The molecule has 0 amide bonds. The summed E-state index contributed by atoms with van der Waals surface area (Å²) in [6.45, 7) is 5.68. The number of nitrogens with one attached hydrogen (secondary N) is 1. The molecule has 0 saturated heterocycles. The number of phenols is 1. The summed E-state index contributed by atoms with van der Waals surface area (Å²) in [7, 11) is 3.25. The minimum Gasteiger partial charge on any atom is -0.503 e. The lowest BCUT2D eigenvalue weighted by molar-refractivity contribution is 0.146. The van der Waals surface area contributed by atoms with Crippen molar-refractivity contribution < 1.29 is 14.6 Å². The van der Waals surface area contributed by atoms with Gasteiger partial charge in [0.15, 0.2) is 11.5 Å². The molecule has 0 radical (unpaired) electrons. The molecule has 1 aromatic carbocycles. The highest BCUT2D eigenvalue weighted by Gasteiger charge is 2.14. The van der Waals surface area contributed by atoms with Gasteiger partial charge in [0, 0.05) is 19.7 Å². The Morgan fingerprint density at radius 1 is 1.32 bits per heavy atom. The number of hydrogen-bond donors (Lipinski definition) is 2. The summed E-state index contributed by atoms with van der Waals surface area (Å²) in [5, 5.41) is 13.2. The molecule has 0 aliphatic heterocycles. The van der Waals surface area contributed by atoms with Crippen LogP contribution in [-0.2, 0) is 11.3 Å². The predicted molar refractivity (Wildman–Crippen MR) is 79.7 cm³/mol. The topological polar surface area (TPSA) is 50.7 Å². The van der Waals surface area contributed by atoms with Gasteiger partial charge in [-0.05, 0) is 39.5 Å². The van der Waals surface area contributed by atoms with Gasteiger partial charge in [0.1, 0.15) is 0 Å². The van der Waals surface area contributed by atoms with Crippen LogP contribution in [0.5, 0.6) is 11.5 Å². The summed E-state index contributed by atoms with van der Waals surface area (Å²) >= 11 is 3.32. The average molecular weight is 332 g/mol. The third-order valence-electron chi connectivity index (χ3n) is 3.03. The molecular formula is C14H22BrNO3. The summed E-state index contributed by atoms with van der Waals surface area (Å²) in [5.74, 6) is 1.09. The van der Waals surface area contributed by atoms with Crippen LogP contribution < -0.4 is 10.1 Å². The minimum atomic E-state index is 0.128. The molecule has 0 bridgehead atoms. The molecule has 108 valence electrons. The summed E-state index contributed by atoms with van der Waals surface area (Å²) < 4.78 is 11.0. The Balaban J connectivity index is 2.74. The van der Waals surface area contributed by atoms with Gasteiger partial charge in [0.25, 0.3) is 0 Å². The smallest absolute Gasteiger partial charge is 0.172 e. The van der Waals surface area contributed by atoms with Crippen LogP contribution in [0, 0.1) is 5.92 Å². The normalized spacial score (nSPS) is 12.7. The zero-order chi connectivity index (χ0) is 14.4. The van der Waals surface area contributed by atoms with E-state index in [-0.39, 0.29) is 5.75 Å². The van der Waals surface area contributed by atoms with Crippen LogP contribution in [0.15, 0.2) is 16.6 Å². The average Bonchev–Trinajstić information content (AvgIpc) is 2.37. The van der Waals surface area contributed by atoms with Crippen LogP contribution >= 0.6 is 15.9 Å². The zero-order valence-corrected chi connectivity index (χ0v) is 13.5. The molecule has 5 heteroatoms. The fourth-order valence-corrected chi connectivity index (χ4v) is 2.29. The summed E-state index contributed by atoms with van der Waals surface area (Å²) in [6, 6.07) is 4.01. The quantitative estimate of drug-likeness (QED) is 0.806. The molecule has 0 aromatic heterocycles. The van der Waals surface area contributed by atoms with E-state index in [1.807, 2.05) is 12.1 Å². The van der Waals surface area contributed by atoms with E-state index in [9.17, 15) is 5.11 Å². The van der Waals surface area contributed by atoms with Gasteiger partial charge in [-0.3, -0.25) is 0 Å². The van der Waals surface area contributed by atoms with Gasteiger partial charge >= 0.3 is 0 Å². The van der Waals surface area contributed by atoms with E-state index in [4.69, 9.17) is 9.47 Å². The van der Waals surface area contributed by atoms with Crippen LogP contribution in [0.2, 0.25) is 0 Å². The molecule has 1 unspecified atom stereocenters. The maximum absolute atomic E-state index is 9.76. The SMILES string of the molecule is COCC(NCc1cc(Br)c(O)c(OC)c1)C(C)C. The lowest BCUT2D eigenvalue weighted by Gasteiger charge is -2.22. The molecule has 0 spiro atoms. The van der Waals surface area contributed by atoms with Crippen molar-refractivity contribution in [2.45, 2.75) is 26.4 Å². The van der Waals surface area contributed by atoms with Crippen molar-refractivity contribution >= 4 is 15.9 Å². The van der Waals surface area contributed by atoms with Crippen LogP contribution in [0.4, 0.5) is 0 Å². The molecule has 0 aliphatic rings. The van der Waals surface area contributed by atoms with Gasteiger partial charge in [0.05, 0.1) is 18.2 Å². The van der Waals surface area contributed by atoms with E-state index >= 15 is 0 Å². The Bertz CT molecular complexity index is 410. The van der Waals surface area contributed by atoms with Crippen molar-refractivity contribution in [3.8, 4) is 11.5 Å². The highest BCUT2D eigenvalue weighted by molar-refractivity contribution is 9.10. The third kappa shape index (κ3) is 4.67. The lowest BCUT2D eigenvalue weighted by Crippen LogP contribution is -2.37. The van der Waals surface area contributed by atoms with E-state index in [1.165, 1.54) is 0 Å². The maximum atomic E-state index is 9.76. The first-order valence-electron chi connectivity index (χ1n) is 6.27. The second-order valence-electron chi connectivity index (χ2n) is 4.82. The Morgan fingerprint density at radius 2 is 2.00 bits per heavy atom. The standard InChI is InChI=1S/C14H22BrNO3/c1-9(2)12(8-18-3)16-7-10-5-11(15)14(17)13(6-10)19-4/h5-6,9,12,16-17H,7-8H2,1-4H3. The molecule has 0 aliphatic carbocycles. The highest BCUT2D eigenvalue weighted by atomic mass is 79.9. The number of aromatic hydroxyl groups is 1. The number of benzene rings is 1. The Morgan fingerprint density at radius 3 is 2.53 bits per heavy atom. The van der Waals surface area contributed by atoms with Gasteiger partial charge in [-0.1, -0.05) is 13.8 Å². The first-order valence-corrected chi connectivity index (χ1v) is 7.06. The first kappa shape index (κ1) is 16.3. The number of halogens is 1. The predicted octanol–water partition coefficient (Wildman–Crippen LogP) is 2.92. The van der Waals surface area contributed by atoms with Crippen LogP contribution in [0.3, 0.4) is 0 Å². The van der Waals surface area contributed by atoms with Crippen molar-refractivity contribution in [2.24, 2.45) is 5.92 Å². The largest absolute Gasteiger partial charge is 0.503 e. The fraction of sp³-hybridized carbons (Fsp3) is 0.571. The van der Waals surface area contributed by atoms with Crippen LogP contribution in [-0.4, -0.2) is 32.0 Å². The molecule has 4 nitrogen and oxygen atoms in total. The van der Waals surface area contributed by atoms with Gasteiger partial charge in [-0.2, -0.15) is 0 Å². The molecule has 2 N–H and O–H groups in total. The highest BCUT2D eigenvalue weighted by Crippen LogP contribution is 2.35. The van der Waals surface area contributed by atoms with Gasteiger partial charge in [0.2, 0.25) is 0 Å². The fourth-order valence-electron chi connectivity index (χ4n) is 1.80. The van der Waals surface area contributed by atoms with E-state index < -0.39 is 0 Å². The molecule has 0 heterocycles. The maximum Gasteiger partial charge on any atom is 0.172 e. The molecule has 19 heavy (non-hydrogen) atoms. The number of ether oxygens (including phenoxy) is 2. The number of methoxy groups -OCH3 is 2. The Kier molecular flexibility index (Phi) is 6.62. The number of hydrogen-bond acceptors (Lipinski definition) is 4. The van der Waals surface area contributed by atoms with Crippen LogP contribution in [0.1, 0.15) is 19.4 Å². The molecular weight excluding hydrogens is 310 g/mol. The zero-order valence-electron chi connectivity index (χ0n) is 11.9. The van der Waals surface area contributed by atoms with Gasteiger partial charge in [-0.25, -0.2) is 0 Å². The van der Waals surface area contributed by atoms with Gasteiger partial charge < -0.3 is 19.9 Å². The lowest BCUT2D eigenvalue weighted by atomic mass is 10.0. The molecule has 1 rings (SSSR count). The summed E-state index contributed by atoms with van der Waals surface area (Å²) in [6.07, 6.45) is 0. The number of phenolic OH excluding ortho intramolecular Hbond substituents is 1. The van der Waals surface area contributed by atoms with Gasteiger partial charge in [-0.15, -0.1) is 0 Å². The second-order valence-corrected chi connectivity index (χ2v) is 5.67. The monoisotopic (exact) mass is 331 g/mol. The van der Waals surface area contributed by atoms with Crippen molar-refractivity contribution in [1.82, 2.24) is 5.32 Å². The molecule has 1 aromatic rings. The van der Waals surface area contributed by atoms with E-state index in [2.05, 4.69) is 35.1 Å². The van der Waals surface area contributed by atoms with E-state index in [0.29, 0.717) is 35.3 Å². The van der Waals surface area contributed by atoms with Crippen molar-refractivity contribution in [3.05, 3.63) is 22.2 Å². The van der Waals surface area contributed by atoms with E-state index in [1.54, 1.807) is 14.2 Å². The van der Waals surface area contributed by atoms with E-state index in [0.717, 1.165) is 5.56 Å².